The molecule has 168 valence electrons. The van der Waals surface area contributed by atoms with Crippen molar-refractivity contribution in [1.29, 1.82) is 0 Å². The van der Waals surface area contributed by atoms with Crippen LogP contribution in [0.2, 0.25) is 5.02 Å². The summed E-state index contributed by atoms with van der Waals surface area (Å²) in [6.45, 7) is 5.87. The number of hydrogen-bond acceptors (Lipinski definition) is 6. The van der Waals surface area contributed by atoms with Crippen molar-refractivity contribution >= 4 is 23.3 Å². The van der Waals surface area contributed by atoms with Crippen molar-refractivity contribution in [3.63, 3.8) is 0 Å². The van der Waals surface area contributed by atoms with Gasteiger partial charge in [-0.2, -0.15) is 4.98 Å². The molecule has 2 atom stereocenters. The summed E-state index contributed by atoms with van der Waals surface area (Å²) >= 11 is 6.34. The lowest BCUT2D eigenvalue weighted by Gasteiger charge is -2.15. The number of ether oxygens (including phenoxy) is 1. The Balaban J connectivity index is 1.48. The number of aliphatic carboxylic acids is 1. The van der Waals surface area contributed by atoms with E-state index in [2.05, 4.69) is 15.5 Å². The number of anilines is 1. The molecule has 1 saturated carbocycles. The fraction of sp³-hybridized carbons (Fsp3) is 0.375. The van der Waals surface area contributed by atoms with Gasteiger partial charge in [0.15, 0.2) is 0 Å². The van der Waals surface area contributed by atoms with Gasteiger partial charge in [0.25, 0.3) is 5.89 Å². The number of aryl methyl sites for hydroxylation is 1. The minimum Gasteiger partial charge on any atom is -0.489 e. The Labute approximate surface area is 191 Å². The van der Waals surface area contributed by atoms with E-state index in [1.807, 2.05) is 45.0 Å². The van der Waals surface area contributed by atoms with Crippen LogP contribution < -0.4 is 10.1 Å². The van der Waals surface area contributed by atoms with Crippen LogP contribution in [0.4, 0.5) is 5.69 Å². The van der Waals surface area contributed by atoms with Gasteiger partial charge in [0, 0.05) is 22.9 Å². The van der Waals surface area contributed by atoms with Crippen molar-refractivity contribution in [2.75, 3.05) is 5.32 Å². The van der Waals surface area contributed by atoms with E-state index in [-0.39, 0.29) is 18.1 Å². The second kappa shape index (κ2) is 9.20. The van der Waals surface area contributed by atoms with E-state index in [4.69, 9.17) is 20.9 Å². The predicted octanol–water partition coefficient (Wildman–Crippen LogP) is 5.82. The molecule has 0 radical (unpaired) electrons. The summed E-state index contributed by atoms with van der Waals surface area (Å²) in [7, 11) is 0. The predicted molar refractivity (Wildman–Crippen MR) is 123 cm³/mol. The van der Waals surface area contributed by atoms with Crippen LogP contribution in [0, 0.1) is 12.8 Å². The van der Waals surface area contributed by atoms with Crippen LogP contribution in [0.3, 0.4) is 0 Å². The minimum atomic E-state index is -0.712. The fourth-order valence-corrected chi connectivity index (χ4v) is 4.23. The highest BCUT2D eigenvalue weighted by molar-refractivity contribution is 6.32. The second-order valence-electron chi connectivity index (χ2n) is 8.45. The van der Waals surface area contributed by atoms with Gasteiger partial charge < -0.3 is 19.7 Å². The Morgan fingerprint density at radius 2 is 2.06 bits per heavy atom. The van der Waals surface area contributed by atoms with E-state index in [0.29, 0.717) is 35.3 Å². The molecule has 0 amide bonds. The fourth-order valence-electron chi connectivity index (χ4n) is 4.01. The maximum absolute atomic E-state index is 11.2. The van der Waals surface area contributed by atoms with Crippen LogP contribution in [-0.4, -0.2) is 33.4 Å². The zero-order chi connectivity index (χ0) is 22.8. The Morgan fingerprint density at radius 1 is 1.25 bits per heavy atom. The molecule has 0 unspecified atom stereocenters. The highest BCUT2D eigenvalue weighted by Gasteiger charge is 2.29. The molecule has 2 aromatic carbocycles. The zero-order valence-corrected chi connectivity index (χ0v) is 19.0. The van der Waals surface area contributed by atoms with Gasteiger partial charge in [0.05, 0.1) is 17.0 Å². The molecule has 7 nitrogen and oxygen atoms in total. The number of benzene rings is 2. The Hall–Kier alpha value is -3.06. The average molecular weight is 456 g/mol. The molecule has 0 saturated heterocycles. The molecule has 2 N–H and O–H groups in total. The number of carboxylic acids is 1. The first-order valence-electron chi connectivity index (χ1n) is 10.7. The van der Waals surface area contributed by atoms with Gasteiger partial charge in [-0.3, -0.25) is 4.79 Å². The maximum atomic E-state index is 11.2. The summed E-state index contributed by atoms with van der Waals surface area (Å²) in [5.74, 6) is 0.519. The largest absolute Gasteiger partial charge is 0.489 e. The highest BCUT2D eigenvalue weighted by atomic mass is 35.5. The van der Waals surface area contributed by atoms with E-state index in [1.54, 1.807) is 12.1 Å². The summed E-state index contributed by atoms with van der Waals surface area (Å²) in [5, 5.41) is 17.2. The molecule has 1 aliphatic rings. The van der Waals surface area contributed by atoms with Gasteiger partial charge in [0.1, 0.15) is 5.75 Å². The number of aromatic nitrogens is 2. The molecule has 3 aromatic rings. The highest BCUT2D eigenvalue weighted by Crippen LogP contribution is 2.33. The molecule has 1 heterocycles. The van der Waals surface area contributed by atoms with E-state index in [1.165, 1.54) is 0 Å². The summed E-state index contributed by atoms with van der Waals surface area (Å²) in [5.41, 5.74) is 3.52. The van der Waals surface area contributed by atoms with Crippen LogP contribution in [-0.2, 0) is 4.79 Å². The van der Waals surface area contributed by atoms with Crippen molar-refractivity contribution in [2.45, 2.75) is 52.2 Å². The normalized spacial score (nSPS) is 18.2. The molecule has 4 rings (SSSR count). The summed E-state index contributed by atoms with van der Waals surface area (Å²) in [4.78, 5) is 15.7. The average Bonchev–Trinajstić information content (AvgIpc) is 3.39. The minimum absolute atomic E-state index is 0.0304. The third kappa shape index (κ3) is 4.88. The standard InChI is InChI=1S/C24H26ClN3O4/c1-13(2)31-21-9-5-15(12-20(21)25)22-27-23(32-28-22)19-8-7-17(10-14(19)3)26-18-6-4-16(11-18)24(29)30/h5,7-10,12-13,16,18,26H,4,6,11H2,1-3H3,(H,29,30)/t16-,18+/m1/s1. The Morgan fingerprint density at radius 3 is 2.72 bits per heavy atom. The molecule has 1 aromatic heterocycles. The molecule has 8 heteroatoms. The van der Waals surface area contributed by atoms with Crippen molar-refractivity contribution in [3.8, 4) is 28.6 Å². The number of nitrogens with one attached hydrogen (secondary N) is 1. The molecular weight excluding hydrogens is 430 g/mol. The quantitative estimate of drug-likeness (QED) is 0.463. The summed E-state index contributed by atoms with van der Waals surface area (Å²) in [6.07, 6.45) is 2.24. The van der Waals surface area contributed by atoms with Crippen molar-refractivity contribution in [3.05, 3.63) is 47.0 Å². The third-order valence-electron chi connectivity index (χ3n) is 5.59. The number of nitrogens with zero attached hydrogens (tertiary/aromatic N) is 2. The first kappa shape index (κ1) is 22.1. The first-order chi connectivity index (χ1) is 15.3. The van der Waals surface area contributed by atoms with E-state index in [0.717, 1.165) is 28.8 Å². The van der Waals surface area contributed by atoms with Gasteiger partial charge >= 0.3 is 5.97 Å². The monoisotopic (exact) mass is 455 g/mol. The van der Waals surface area contributed by atoms with Crippen LogP contribution in [0.15, 0.2) is 40.9 Å². The lowest BCUT2D eigenvalue weighted by Crippen LogP contribution is -2.17. The van der Waals surface area contributed by atoms with Crippen molar-refractivity contribution < 1.29 is 19.2 Å². The SMILES string of the molecule is Cc1cc(N[C@H]2CC[C@@H](C(=O)O)C2)ccc1-c1nc(-c2ccc(OC(C)C)c(Cl)c2)no1. The molecule has 1 fully saturated rings. The van der Waals surface area contributed by atoms with Gasteiger partial charge in [-0.25, -0.2) is 0 Å². The van der Waals surface area contributed by atoms with Gasteiger partial charge in [-0.1, -0.05) is 16.8 Å². The first-order valence-corrected chi connectivity index (χ1v) is 11.1. The van der Waals surface area contributed by atoms with E-state index in [9.17, 15) is 9.90 Å². The maximum Gasteiger partial charge on any atom is 0.306 e. The number of carbonyl (C=O) groups is 1. The number of hydrogen-bond donors (Lipinski definition) is 2. The van der Waals surface area contributed by atoms with E-state index >= 15 is 0 Å². The number of halogens is 1. The van der Waals surface area contributed by atoms with Crippen LogP contribution >= 0.6 is 11.6 Å². The van der Waals surface area contributed by atoms with Crippen LogP contribution in [0.1, 0.15) is 38.7 Å². The number of rotatable bonds is 7. The lowest BCUT2D eigenvalue weighted by molar-refractivity contribution is -0.141. The van der Waals surface area contributed by atoms with Gasteiger partial charge in [-0.15, -0.1) is 0 Å². The lowest BCUT2D eigenvalue weighted by atomic mass is 10.1. The van der Waals surface area contributed by atoms with Crippen molar-refractivity contribution in [2.24, 2.45) is 5.92 Å². The molecular formula is C24H26ClN3O4. The van der Waals surface area contributed by atoms with E-state index < -0.39 is 5.97 Å². The van der Waals surface area contributed by atoms with Crippen molar-refractivity contribution in [1.82, 2.24) is 10.1 Å². The Bertz CT molecular complexity index is 1130. The molecule has 0 spiro atoms. The molecule has 0 aliphatic heterocycles. The third-order valence-corrected chi connectivity index (χ3v) is 5.88. The zero-order valence-electron chi connectivity index (χ0n) is 18.3. The van der Waals surface area contributed by atoms with Crippen LogP contribution in [0.5, 0.6) is 5.75 Å². The smallest absolute Gasteiger partial charge is 0.306 e. The number of carboxylic acid groups (broad SMARTS) is 1. The molecule has 1 aliphatic carbocycles. The summed E-state index contributed by atoms with van der Waals surface area (Å²) in [6, 6.07) is 11.5. The van der Waals surface area contributed by atoms with Crippen LogP contribution in [0.25, 0.3) is 22.8 Å². The molecule has 0 bridgehead atoms. The second-order valence-corrected chi connectivity index (χ2v) is 8.86. The Kier molecular flexibility index (Phi) is 6.37. The van der Waals surface area contributed by atoms with Gasteiger partial charge in [-0.05, 0) is 82.0 Å². The van der Waals surface area contributed by atoms with Gasteiger partial charge in [0.2, 0.25) is 5.82 Å². The topological polar surface area (TPSA) is 97.5 Å². The summed E-state index contributed by atoms with van der Waals surface area (Å²) < 4.78 is 11.2. The molecule has 32 heavy (non-hydrogen) atoms.